The summed E-state index contributed by atoms with van der Waals surface area (Å²) in [7, 11) is 3.34. The number of likely N-dealkylation sites (N-methyl/N-ethyl adjacent to an activating group) is 1. The summed E-state index contributed by atoms with van der Waals surface area (Å²) in [6.45, 7) is 2.09. The fourth-order valence-corrected chi connectivity index (χ4v) is 1.80. The van der Waals surface area contributed by atoms with E-state index in [-0.39, 0.29) is 19.1 Å². The largest absolute Gasteiger partial charge is 0.463 e. The van der Waals surface area contributed by atoms with Crippen molar-refractivity contribution in [3.8, 4) is 0 Å². The van der Waals surface area contributed by atoms with E-state index in [4.69, 9.17) is 9.15 Å². The molecule has 0 aliphatic heterocycles. The van der Waals surface area contributed by atoms with Gasteiger partial charge in [0.1, 0.15) is 12.2 Å². The van der Waals surface area contributed by atoms with Gasteiger partial charge in [0.25, 0.3) is 0 Å². The van der Waals surface area contributed by atoms with E-state index < -0.39 is 5.97 Å². The van der Waals surface area contributed by atoms with E-state index in [1.807, 2.05) is 0 Å². The van der Waals surface area contributed by atoms with Crippen LogP contribution in [0.25, 0.3) is 11.1 Å². The number of aromatic nitrogens is 1. The summed E-state index contributed by atoms with van der Waals surface area (Å²) in [6, 6.07) is 3.32. The van der Waals surface area contributed by atoms with Gasteiger partial charge in [-0.15, -0.1) is 0 Å². The molecule has 0 aromatic carbocycles. The van der Waals surface area contributed by atoms with E-state index in [1.54, 1.807) is 37.7 Å². The number of carbonyl (C=O) groups excluding carboxylic acids is 2. The van der Waals surface area contributed by atoms with Crippen molar-refractivity contribution in [1.82, 2.24) is 9.47 Å². The first-order valence-corrected chi connectivity index (χ1v) is 5.98. The molecule has 0 bridgehead atoms. The van der Waals surface area contributed by atoms with Crippen LogP contribution in [0.3, 0.4) is 0 Å². The third-order valence-electron chi connectivity index (χ3n) is 2.80. The number of hydrogen-bond donors (Lipinski definition) is 0. The second kappa shape index (κ2) is 5.17. The zero-order valence-electron chi connectivity index (χ0n) is 11.2. The second-order valence-electron chi connectivity index (χ2n) is 4.29. The molecule has 0 aliphatic carbocycles. The minimum atomic E-state index is -0.458. The van der Waals surface area contributed by atoms with Crippen molar-refractivity contribution >= 4 is 23.0 Å². The lowest BCUT2D eigenvalue weighted by Gasteiger charge is -2.13. The number of nitrogens with zero attached hydrogens (tertiary/aromatic N) is 2. The van der Waals surface area contributed by atoms with Crippen LogP contribution in [0.2, 0.25) is 0 Å². The van der Waals surface area contributed by atoms with Gasteiger partial charge >= 0.3 is 5.97 Å². The molecule has 6 nitrogen and oxygen atoms in total. The van der Waals surface area contributed by atoms with Crippen LogP contribution in [0.15, 0.2) is 22.8 Å². The van der Waals surface area contributed by atoms with Crippen LogP contribution in [-0.2, 0) is 16.1 Å². The maximum atomic E-state index is 11.9. The lowest BCUT2D eigenvalue weighted by molar-refractivity contribution is -0.129. The molecule has 2 rings (SSSR count). The molecule has 1 amide bonds. The molecule has 2 aromatic heterocycles. The van der Waals surface area contributed by atoms with Gasteiger partial charge in [0.05, 0.1) is 18.4 Å². The van der Waals surface area contributed by atoms with E-state index in [0.29, 0.717) is 16.8 Å². The molecular weight excluding hydrogens is 248 g/mol. The molecule has 0 saturated carbocycles. The van der Waals surface area contributed by atoms with Crippen molar-refractivity contribution in [3.63, 3.8) is 0 Å². The standard InChI is InChI=1S/C13H16N2O4/c1-4-18-13(17)10-7-11-9(5-6-19-11)15(10)8-12(16)14(2)3/h5-7H,4,8H2,1-3H3. The normalized spacial score (nSPS) is 10.7. The van der Waals surface area contributed by atoms with Gasteiger partial charge in [0, 0.05) is 26.2 Å². The van der Waals surface area contributed by atoms with Gasteiger partial charge in [-0.1, -0.05) is 0 Å². The van der Waals surface area contributed by atoms with E-state index in [1.165, 1.54) is 11.2 Å². The lowest BCUT2D eigenvalue weighted by Crippen LogP contribution is -2.27. The Bertz CT molecular complexity index is 609. The number of hydrogen-bond acceptors (Lipinski definition) is 4. The van der Waals surface area contributed by atoms with Crippen LogP contribution in [0, 0.1) is 0 Å². The summed E-state index contributed by atoms with van der Waals surface area (Å²) in [5.74, 6) is -0.565. The van der Waals surface area contributed by atoms with Crippen molar-refractivity contribution in [2.45, 2.75) is 13.5 Å². The molecule has 102 valence electrons. The molecular formula is C13H16N2O4. The molecule has 6 heteroatoms. The molecule has 0 spiro atoms. The van der Waals surface area contributed by atoms with Gasteiger partial charge in [-0.25, -0.2) is 4.79 Å². The van der Waals surface area contributed by atoms with Crippen LogP contribution in [0.1, 0.15) is 17.4 Å². The predicted octanol–water partition coefficient (Wildman–Crippen LogP) is 1.50. The van der Waals surface area contributed by atoms with E-state index in [2.05, 4.69) is 0 Å². The Morgan fingerprint density at radius 1 is 1.42 bits per heavy atom. The minimum absolute atomic E-state index is 0.0736. The molecule has 0 N–H and O–H groups in total. The number of fused-ring (bicyclic) bond motifs is 1. The molecule has 0 fully saturated rings. The zero-order chi connectivity index (χ0) is 14.0. The summed E-state index contributed by atoms with van der Waals surface area (Å²) in [5.41, 5.74) is 1.60. The topological polar surface area (TPSA) is 64.7 Å². The lowest BCUT2D eigenvalue weighted by atomic mass is 10.4. The van der Waals surface area contributed by atoms with Crippen LogP contribution >= 0.6 is 0 Å². The summed E-state index contributed by atoms with van der Waals surface area (Å²) in [5, 5.41) is 0. The van der Waals surface area contributed by atoms with Crippen LogP contribution in [-0.4, -0.2) is 42.0 Å². The number of rotatable bonds is 4. The molecule has 2 heterocycles. The number of furan rings is 1. The first-order valence-electron chi connectivity index (χ1n) is 5.98. The van der Waals surface area contributed by atoms with Crippen molar-refractivity contribution in [1.29, 1.82) is 0 Å². The Morgan fingerprint density at radius 3 is 2.79 bits per heavy atom. The summed E-state index contributed by atoms with van der Waals surface area (Å²) >= 11 is 0. The highest BCUT2D eigenvalue weighted by Crippen LogP contribution is 2.21. The Hall–Kier alpha value is -2.24. The Balaban J connectivity index is 2.42. The average molecular weight is 264 g/mol. The number of amides is 1. The fourth-order valence-electron chi connectivity index (χ4n) is 1.80. The molecule has 0 aliphatic rings. The van der Waals surface area contributed by atoms with Crippen molar-refractivity contribution in [2.24, 2.45) is 0 Å². The van der Waals surface area contributed by atoms with Gasteiger partial charge in [0.2, 0.25) is 5.91 Å². The van der Waals surface area contributed by atoms with E-state index in [9.17, 15) is 9.59 Å². The van der Waals surface area contributed by atoms with E-state index in [0.717, 1.165) is 0 Å². The predicted molar refractivity (Wildman–Crippen MR) is 68.9 cm³/mol. The monoisotopic (exact) mass is 264 g/mol. The van der Waals surface area contributed by atoms with Crippen molar-refractivity contribution < 1.29 is 18.7 Å². The molecule has 2 aromatic rings. The maximum Gasteiger partial charge on any atom is 0.355 e. The number of carbonyl (C=O) groups is 2. The van der Waals surface area contributed by atoms with E-state index >= 15 is 0 Å². The van der Waals surface area contributed by atoms with Crippen molar-refractivity contribution in [3.05, 3.63) is 24.1 Å². The summed E-state index contributed by atoms with van der Waals surface area (Å²) < 4.78 is 11.8. The molecule has 0 unspecified atom stereocenters. The highest BCUT2D eigenvalue weighted by atomic mass is 16.5. The summed E-state index contributed by atoms with van der Waals surface area (Å²) in [6.07, 6.45) is 1.52. The quantitative estimate of drug-likeness (QED) is 0.785. The van der Waals surface area contributed by atoms with Crippen LogP contribution in [0.5, 0.6) is 0 Å². The first-order chi connectivity index (χ1) is 9.04. The number of esters is 1. The van der Waals surface area contributed by atoms with Gasteiger partial charge in [-0.2, -0.15) is 0 Å². The summed E-state index contributed by atoms with van der Waals surface area (Å²) in [4.78, 5) is 25.2. The second-order valence-corrected chi connectivity index (χ2v) is 4.29. The zero-order valence-corrected chi connectivity index (χ0v) is 11.2. The Morgan fingerprint density at radius 2 is 2.16 bits per heavy atom. The van der Waals surface area contributed by atoms with Gasteiger partial charge < -0.3 is 18.6 Å². The highest BCUT2D eigenvalue weighted by Gasteiger charge is 2.20. The molecule has 0 saturated heterocycles. The van der Waals surface area contributed by atoms with Gasteiger partial charge in [-0.05, 0) is 6.92 Å². The number of ether oxygens (including phenoxy) is 1. The maximum absolute atomic E-state index is 11.9. The van der Waals surface area contributed by atoms with Gasteiger partial charge in [-0.3, -0.25) is 4.79 Å². The molecule has 0 atom stereocenters. The van der Waals surface area contributed by atoms with Crippen LogP contribution in [0.4, 0.5) is 0 Å². The highest BCUT2D eigenvalue weighted by molar-refractivity contribution is 5.95. The third-order valence-corrected chi connectivity index (χ3v) is 2.80. The Kier molecular flexibility index (Phi) is 3.59. The smallest absolute Gasteiger partial charge is 0.355 e. The van der Waals surface area contributed by atoms with Crippen LogP contribution < -0.4 is 0 Å². The SMILES string of the molecule is CCOC(=O)c1cc2occc2n1CC(=O)N(C)C. The third kappa shape index (κ3) is 2.47. The molecule has 19 heavy (non-hydrogen) atoms. The first kappa shape index (κ1) is 13.2. The average Bonchev–Trinajstić information content (AvgIpc) is 2.91. The van der Waals surface area contributed by atoms with Gasteiger partial charge in [0.15, 0.2) is 5.58 Å². The minimum Gasteiger partial charge on any atom is -0.463 e. The Labute approximate surface area is 110 Å². The fraction of sp³-hybridized carbons (Fsp3) is 0.385. The molecule has 0 radical (unpaired) electrons. The van der Waals surface area contributed by atoms with Crippen molar-refractivity contribution in [2.75, 3.05) is 20.7 Å².